The summed E-state index contributed by atoms with van der Waals surface area (Å²) in [5, 5.41) is 16.3. The van der Waals surface area contributed by atoms with Crippen molar-refractivity contribution in [3.8, 4) is 22.5 Å². The van der Waals surface area contributed by atoms with Gasteiger partial charge >= 0.3 is 12.1 Å². The van der Waals surface area contributed by atoms with E-state index in [2.05, 4.69) is 20.4 Å². The molecule has 2 aromatic heterocycles. The van der Waals surface area contributed by atoms with E-state index in [0.29, 0.717) is 5.56 Å². The van der Waals surface area contributed by atoms with Crippen LogP contribution in [0.2, 0.25) is 0 Å². The van der Waals surface area contributed by atoms with E-state index < -0.39 is 58.9 Å². The number of hydrogen-bond donors (Lipinski definition) is 2. The second-order valence-electron chi connectivity index (χ2n) is 9.31. The number of hydrogen-bond acceptors (Lipinski definition) is 8. The first-order valence-electron chi connectivity index (χ1n) is 12.8. The molecule has 4 aromatic rings. The number of benzene rings is 2. The average molecular weight is 600 g/mol. The number of nitrogens with zero attached hydrogens (tertiary/aromatic N) is 4. The van der Waals surface area contributed by atoms with Crippen LogP contribution in [0.15, 0.2) is 54.9 Å². The molecule has 4 rings (SSSR count). The Morgan fingerprint density at radius 3 is 2.44 bits per heavy atom. The lowest BCUT2D eigenvalue weighted by Crippen LogP contribution is -2.25. The third-order valence-corrected chi connectivity index (χ3v) is 6.33. The van der Waals surface area contributed by atoms with Crippen molar-refractivity contribution in [2.24, 2.45) is 7.05 Å². The van der Waals surface area contributed by atoms with Crippen LogP contribution in [-0.2, 0) is 34.2 Å². The number of aliphatic hydroxyl groups excluding tert-OH is 1. The summed E-state index contributed by atoms with van der Waals surface area (Å²) in [5.41, 5.74) is -2.27. The van der Waals surface area contributed by atoms with E-state index in [9.17, 15) is 32.7 Å². The van der Waals surface area contributed by atoms with Crippen molar-refractivity contribution >= 4 is 23.3 Å². The van der Waals surface area contributed by atoms with Gasteiger partial charge in [0.25, 0.3) is 5.91 Å². The first-order chi connectivity index (χ1) is 20.3. The molecule has 43 heavy (non-hydrogen) atoms. The lowest BCUT2D eigenvalue weighted by molar-refractivity contribution is -0.147. The Morgan fingerprint density at radius 1 is 1.12 bits per heavy atom. The van der Waals surface area contributed by atoms with Crippen molar-refractivity contribution in [1.29, 1.82) is 0 Å². The van der Waals surface area contributed by atoms with E-state index in [1.807, 2.05) is 0 Å². The van der Waals surface area contributed by atoms with E-state index in [0.717, 1.165) is 19.2 Å². The molecule has 224 valence electrons. The molecular formula is C29H25F4N5O5. The largest absolute Gasteiger partial charge is 0.465 e. The molecule has 0 saturated heterocycles. The number of alkyl halides is 3. The van der Waals surface area contributed by atoms with Crippen LogP contribution >= 0.6 is 0 Å². The summed E-state index contributed by atoms with van der Waals surface area (Å²) in [5.74, 6) is -5.87. The minimum absolute atomic E-state index is 0.0177. The number of aliphatic hydroxyl groups is 1. The van der Waals surface area contributed by atoms with Gasteiger partial charge in [-0.3, -0.25) is 19.1 Å². The van der Waals surface area contributed by atoms with E-state index in [1.165, 1.54) is 24.0 Å². The van der Waals surface area contributed by atoms with Crippen molar-refractivity contribution in [2.75, 3.05) is 11.9 Å². The molecule has 2 N–H and O–H groups in total. The Kier molecular flexibility index (Phi) is 8.99. The normalized spacial score (nSPS) is 12.1. The predicted octanol–water partition coefficient (Wildman–Crippen LogP) is 4.68. The van der Waals surface area contributed by atoms with Crippen molar-refractivity contribution in [3.63, 3.8) is 0 Å². The number of nitrogens with one attached hydrogen (secondary N) is 1. The first-order valence-corrected chi connectivity index (χ1v) is 12.8. The van der Waals surface area contributed by atoms with E-state index in [1.54, 1.807) is 31.2 Å². The maximum Gasteiger partial charge on any atom is 0.417 e. The van der Waals surface area contributed by atoms with Crippen LogP contribution in [0.5, 0.6) is 0 Å². The monoisotopic (exact) mass is 599 g/mol. The number of halogens is 4. The fourth-order valence-corrected chi connectivity index (χ4v) is 4.34. The van der Waals surface area contributed by atoms with Gasteiger partial charge in [-0.25, -0.2) is 14.4 Å². The Bertz CT molecular complexity index is 1700. The molecule has 0 radical (unpaired) electrons. The second kappa shape index (κ2) is 12.5. The number of Topliss-reactive ketones (excluding diaryl/α,β-unsaturated/α-hetero) is 1. The van der Waals surface area contributed by atoms with E-state index in [4.69, 9.17) is 4.74 Å². The zero-order chi connectivity index (χ0) is 31.5. The predicted molar refractivity (Wildman–Crippen MR) is 145 cm³/mol. The summed E-state index contributed by atoms with van der Waals surface area (Å²) >= 11 is 0. The number of aromatic nitrogens is 4. The smallest absolute Gasteiger partial charge is 0.417 e. The molecule has 2 heterocycles. The maximum atomic E-state index is 15.1. The van der Waals surface area contributed by atoms with E-state index >= 15 is 4.39 Å². The number of ketones is 1. The first kappa shape index (κ1) is 31.0. The van der Waals surface area contributed by atoms with Crippen LogP contribution in [0.3, 0.4) is 0 Å². The van der Waals surface area contributed by atoms with Gasteiger partial charge in [-0.1, -0.05) is 24.3 Å². The second-order valence-corrected chi connectivity index (χ2v) is 9.31. The van der Waals surface area contributed by atoms with Crippen LogP contribution in [0.1, 0.15) is 47.1 Å². The van der Waals surface area contributed by atoms with Gasteiger partial charge in [0.1, 0.15) is 5.82 Å². The van der Waals surface area contributed by atoms with Gasteiger partial charge < -0.3 is 15.2 Å². The Labute approximate surface area is 242 Å². The summed E-state index contributed by atoms with van der Waals surface area (Å²) in [6.07, 6.45) is -2.48. The standard InChI is InChI=1S/C29H25F4N5O5/c1-4-43-28(42)24(15(2)40)26-34-13-23(25(36-26)17-8-6-5-7-16(17)14-39)35-27(41)19-11-18(22-9-10-38(3)37-22)20(12-21(19)30)29(31,32)33/h5-13,24,39H,4,14H2,1-3H3,(H,35,41). The molecule has 0 fully saturated rings. The lowest BCUT2D eigenvalue weighted by Gasteiger charge is -2.17. The number of esters is 1. The van der Waals surface area contributed by atoms with Crippen LogP contribution in [-0.4, -0.2) is 49.1 Å². The molecule has 14 heteroatoms. The minimum atomic E-state index is -4.94. The third-order valence-electron chi connectivity index (χ3n) is 6.33. The summed E-state index contributed by atoms with van der Waals surface area (Å²) in [6, 6.07) is 8.59. The lowest BCUT2D eigenvalue weighted by atomic mass is 9.99. The number of ether oxygens (including phenoxy) is 1. The zero-order valence-corrected chi connectivity index (χ0v) is 23.1. The topological polar surface area (TPSA) is 136 Å². The van der Waals surface area contributed by atoms with Gasteiger partial charge in [-0.15, -0.1) is 0 Å². The molecule has 0 saturated carbocycles. The third kappa shape index (κ3) is 6.59. The fourth-order valence-electron chi connectivity index (χ4n) is 4.34. The number of amides is 1. The van der Waals surface area contributed by atoms with Crippen molar-refractivity contribution in [3.05, 3.63) is 83.2 Å². The summed E-state index contributed by atoms with van der Waals surface area (Å²) in [6.45, 7) is 2.22. The molecule has 0 aliphatic heterocycles. The van der Waals surface area contributed by atoms with Crippen molar-refractivity contribution < 1.29 is 41.8 Å². The molecular weight excluding hydrogens is 574 g/mol. The van der Waals surface area contributed by atoms with Crippen LogP contribution < -0.4 is 5.32 Å². The molecule has 0 aliphatic carbocycles. The number of anilines is 1. The Morgan fingerprint density at radius 2 is 1.84 bits per heavy atom. The quantitative estimate of drug-likeness (QED) is 0.161. The van der Waals surface area contributed by atoms with Crippen LogP contribution in [0, 0.1) is 5.82 Å². The zero-order valence-electron chi connectivity index (χ0n) is 23.1. The van der Waals surface area contributed by atoms with Crippen molar-refractivity contribution in [2.45, 2.75) is 32.5 Å². The highest BCUT2D eigenvalue weighted by Gasteiger charge is 2.36. The average Bonchev–Trinajstić information content (AvgIpc) is 3.39. The van der Waals surface area contributed by atoms with Crippen LogP contribution in [0.4, 0.5) is 23.2 Å². The molecule has 0 aliphatic rings. The highest BCUT2D eigenvalue weighted by Crippen LogP contribution is 2.38. The summed E-state index contributed by atoms with van der Waals surface area (Å²) in [7, 11) is 1.49. The molecule has 10 nitrogen and oxygen atoms in total. The minimum Gasteiger partial charge on any atom is -0.465 e. The molecule has 1 unspecified atom stereocenters. The number of carbonyl (C=O) groups excluding carboxylic acids is 3. The Balaban J connectivity index is 1.84. The SMILES string of the molecule is CCOC(=O)C(C(C)=O)c1ncc(NC(=O)c2cc(-c3ccn(C)n3)c(C(F)(F)F)cc2F)c(-c2ccccc2CO)n1. The molecule has 2 aromatic carbocycles. The fraction of sp³-hybridized carbons (Fsp3) is 0.241. The van der Waals surface area contributed by atoms with Gasteiger partial charge in [0.05, 0.1) is 47.6 Å². The highest BCUT2D eigenvalue weighted by atomic mass is 19.4. The van der Waals surface area contributed by atoms with Gasteiger partial charge in [0, 0.05) is 24.4 Å². The van der Waals surface area contributed by atoms with Crippen molar-refractivity contribution in [1.82, 2.24) is 19.7 Å². The summed E-state index contributed by atoms with van der Waals surface area (Å²) < 4.78 is 62.6. The Hall–Kier alpha value is -4.98. The molecule has 1 atom stereocenters. The van der Waals surface area contributed by atoms with Crippen LogP contribution in [0.25, 0.3) is 22.5 Å². The number of rotatable bonds is 9. The number of carbonyl (C=O) groups is 3. The molecule has 0 spiro atoms. The maximum absolute atomic E-state index is 15.1. The summed E-state index contributed by atoms with van der Waals surface area (Å²) in [4.78, 5) is 46.6. The highest BCUT2D eigenvalue weighted by molar-refractivity contribution is 6.07. The molecule has 1 amide bonds. The number of aryl methyl sites for hydroxylation is 1. The van der Waals surface area contributed by atoms with Gasteiger partial charge in [-0.2, -0.15) is 18.3 Å². The van der Waals surface area contributed by atoms with E-state index in [-0.39, 0.29) is 41.1 Å². The molecule has 0 bridgehead atoms. The van der Waals surface area contributed by atoms with Gasteiger partial charge in [0.15, 0.2) is 17.5 Å². The van der Waals surface area contributed by atoms with Gasteiger partial charge in [-0.05, 0) is 37.6 Å². The van der Waals surface area contributed by atoms with Gasteiger partial charge in [0.2, 0.25) is 0 Å².